The maximum atomic E-state index is 12.7. The van der Waals surface area contributed by atoms with Crippen LogP contribution < -0.4 is 0 Å². The number of aromatic hydroxyl groups is 1. The van der Waals surface area contributed by atoms with E-state index < -0.39 is 0 Å². The molecule has 0 saturated carbocycles. The highest BCUT2D eigenvalue weighted by Gasteiger charge is 2.30. The summed E-state index contributed by atoms with van der Waals surface area (Å²) in [7, 11) is 0. The van der Waals surface area contributed by atoms with Gasteiger partial charge in [-0.15, -0.1) is 0 Å². The van der Waals surface area contributed by atoms with Crippen LogP contribution in [0.2, 0.25) is 5.02 Å². The Bertz CT molecular complexity index is 657. The first-order valence-electron chi connectivity index (χ1n) is 7.01. The molecular weight excluding hydrogens is 286 g/mol. The zero-order chi connectivity index (χ0) is 14.8. The molecule has 1 saturated heterocycles. The van der Waals surface area contributed by atoms with Gasteiger partial charge in [-0.2, -0.15) is 0 Å². The first-order valence-corrected chi connectivity index (χ1v) is 7.39. The van der Waals surface area contributed by atoms with Crippen LogP contribution >= 0.6 is 11.6 Å². The summed E-state index contributed by atoms with van der Waals surface area (Å²) in [6.45, 7) is 0.747. The molecule has 4 heteroatoms. The van der Waals surface area contributed by atoms with Crippen LogP contribution in [0.25, 0.3) is 0 Å². The number of amides is 1. The fraction of sp³-hybridized carbons (Fsp3) is 0.235. The third-order valence-electron chi connectivity index (χ3n) is 3.89. The van der Waals surface area contributed by atoms with E-state index in [1.54, 1.807) is 6.07 Å². The van der Waals surface area contributed by atoms with Crippen LogP contribution in [0, 0.1) is 0 Å². The lowest BCUT2D eigenvalue weighted by Crippen LogP contribution is -2.30. The van der Waals surface area contributed by atoms with E-state index in [4.69, 9.17) is 11.6 Å². The number of phenols is 1. The maximum absolute atomic E-state index is 12.7. The molecule has 1 amide bonds. The highest BCUT2D eigenvalue weighted by Crippen LogP contribution is 2.34. The van der Waals surface area contributed by atoms with Crippen molar-refractivity contribution in [2.75, 3.05) is 6.54 Å². The van der Waals surface area contributed by atoms with E-state index in [2.05, 4.69) is 12.1 Å². The minimum atomic E-state index is -0.0387. The van der Waals surface area contributed by atoms with Crippen molar-refractivity contribution in [2.45, 2.75) is 18.9 Å². The smallest absolute Gasteiger partial charge is 0.254 e. The summed E-state index contributed by atoms with van der Waals surface area (Å²) in [5, 5.41) is 9.67. The fourth-order valence-electron chi connectivity index (χ4n) is 2.84. The molecule has 1 aliphatic heterocycles. The molecule has 1 atom stereocenters. The van der Waals surface area contributed by atoms with Crippen LogP contribution in [0.5, 0.6) is 5.75 Å². The van der Waals surface area contributed by atoms with E-state index in [0.717, 1.165) is 24.9 Å². The second kappa shape index (κ2) is 5.78. The van der Waals surface area contributed by atoms with Crippen molar-refractivity contribution in [1.29, 1.82) is 0 Å². The third-order valence-corrected chi connectivity index (χ3v) is 4.20. The van der Waals surface area contributed by atoms with Gasteiger partial charge < -0.3 is 10.0 Å². The van der Waals surface area contributed by atoms with Crippen molar-refractivity contribution in [2.24, 2.45) is 0 Å². The molecule has 0 aliphatic carbocycles. The fourth-order valence-corrected chi connectivity index (χ4v) is 3.02. The van der Waals surface area contributed by atoms with E-state index >= 15 is 0 Å². The van der Waals surface area contributed by atoms with Gasteiger partial charge in [0.25, 0.3) is 5.91 Å². The predicted molar refractivity (Wildman–Crippen MR) is 82.6 cm³/mol. The minimum absolute atomic E-state index is 0.00533. The lowest BCUT2D eigenvalue weighted by Gasteiger charge is -2.25. The Hall–Kier alpha value is -2.00. The van der Waals surface area contributed by atoms with Gasteiger partial charge >= 0.3 is 0 Å². The zero-order valence-corrected chi connectivity index (χ0v) is 12.3. The number of hydrogen-bond acceptors (Lipinski definition) is 2. The molecule has 0 unspecified atom stereocenters. The number of hydrogen-bond donors (Lipinski definition) is 1. The molecule has 108 valence electrons. The van der Waals surface area contributed by atoms with E-state index in [0.29, 0.717) is 5.56 Å². The second-order valence-corrected chi connectivity index (χ2v) is 5.64. The Morgan fingerprint density at radius 2 is 1.95 bits per heavy atom. The van der Waals surface area contributed by atoms with Gasteiger partial charge in [0.2, 0.25) is 0 Å². The molecule has 0 spiro atoms. The Labute approximate surface area is 128 Å². The van der Waals surface area contributed by atoms with Gasteiger partial charge in [0.1, 0.15) is 5.75 Å². The highest BCUT2D eigenvalue weighted by molar-refractivity contribution is 6.32. The molecule has 1 fully saturated rings. The van der Waals surface area contributed by atoms with Gasteiger partial charge in [-0.05, 0) is 36.6 Å². The molecular formula is C17H16ClNO2. The van der Waals surface area contributed by atoms with E-state index in [-0.39, 0.29) is 22.7 Å². The van der Waals surface area contributed by atoms with E-state index in [1.807, 2.05) is 23.1 Å². The van der Waals surface area contributed by atoms with Crippen LogP contribution in [0.3, 0.4) is 0 Å². The summed E-state index contributed by atoms with van der Waals surface area (Å²) in [5.41, 5.74) is 1.67. The molecule has 1 heterocycles. The average Bonchev–Trinajstić information content (AvgIpc) is 2.99. The summed E-state index contributed by atoms with van der Waals surface area (Å²) in [5.74, 6) is -0.0440. The first kappa shape index (κ1) is 14.0. The molecule has 0 aromatic heterocycles. The molecule has 2 aromatic rings. The Balaban J connectivity index is 1.88. The van der Waals surface area contributed by atoms with E-state index in [1.165, 1.54) is 12.1 Å². The topological polar surface area (TPSA) is 40.5 Å². The van der Waals surface area contributed by atoms with Crippen molar-refractivity contribution < 1.29 is 9.90 Å². The quantitative estimate of drug-likeness (QED) is 0.910. The molecule has 3 nitrogen and oxygen atoms in total. The van der Waals surface area contributed by atoms with Gasteiger partial charge in [0.15, 0.2) is 0 Å². The highest BCUT2D eigenvalue weighted by atomic mass is 35.5. The van der Waals surface area contributed by atoms with E-state index in [9.17, 15) is 9.90 Å². The van der Waals surface area contributed by atoms with Crippen LogP contribution in [-0.4, -0.2) is 22.5 Å². The van der Waals surface area contributed by atoms with Crippen molar-refractivity contribution in [1.82, 2.24) is 4.90 Å². The van der Waals surface area contributed by atoms with Gasteiger partial charge in [0, 0.05) is 12.1 Å². The SMILES string of the molecule is O=C(c1ccc(O)c(Cl)c1)N1CCC[C@H]1c1ccccc1. The van der Waals surface area contributed by atoms with Crippen molar-refractivity contribution in [3.8, 4) is 5.75 Å². The Morgan fingerprint density at radius 3 is 2.67 bits per heavy atom. The van der Waals surface area contributed by atoms with Gasteiger partial charge in [-0.25, -0.2) is 0 Å². The summed E-state index contributed by atoms with van der Waals surface area (Å²) < 4.78 is 0. The molecule has 21 heavy (non-hydrogen) atoms. The summed E-state index contributed by atoms with van der Waals surface area (Å²) in [6.07, 6.45) is 1.97. The van der Waals surface area contributed by atoms with Crippen molar-refractivity contribution >= 4 is 17.5 Å². The monoisotopic (exact) mass is 301 g/mol. The third kappa shape index (κ3) is 2.74. The Morgan fingerprint density at radius 1 is 1.19 bits per heavy atom. The second-order valence-electron chi connectivity index (χ2n) is 5.23. The van der Waals surface area contributed by atoms with Crippen LogP contribution in [0.4, 0.5) is 0 Å². The summed E-state index contributed by atoms with van der Waals surface area (Å²) >= 11 is 5.90. The van der Waals surface area contributed by atoms with Crippen molar-refractivity contribution in [3.05, 3.63) is 64.7 Å². The molecule has 1 N–H and O–H groups in total. The normalized spacial score (nSPS) is 18.0. The van der Waals surface area contributed by atoms with Crippen LogP contribution in [-0.2, 0) is 0 Å². The van der Waals surface area contributed by atoms with Gasteiger partial charge in [0.05, 0.1) is 11.1 Å². The number of nitrogens with zero attached hydrogens (tertiary/aromatic N) is 1. The summed E-state index contributed by atoms with van der Waals surface area (Å²) in [4.78, 5) is 14.6. The minimum Gasteiger partial charge on any atom is -0.506 e. The van der Waals surface area contributed by atoms with Crippen molar-refractivity contribution in [3.63, 3.8) is 0 Å². The van der Waals surface area contributed by atoms with Gasteiger partial charge in [-0.1, -0.05) is 41.9 Å². The Kier molecular flexibility index (Phi) is 3.84. The number of halogens is 1. The zero-order valence-electron chi connectivity index (χ0n) is 11.5. The van der Waals surface area contributed by atoms with Crippen LogP contribution in [0.1, 0.15) is 34.8 Å². The maximum Gasteiger partial charge on any atom is 0.254 e. The molecule has 3 rings (SSSR count). The molecule has 0 radical (unpaired) electrons. The first-order chi connectivity index (χ1) is 10.2. The molecule has 1 aliphatic rings. The lowest BCUT2D eigenvalue weighted by atomic mass is 10.0. The largest absolute Gasteiger partial charge is 0.506 e. The number of rotatable bonds is 2. The molecule has 2 aromatic carbocycles. The number of carbonyl (C=O) groups excluding carboxylic acids is 1. The van der Waals surface area contributed by atoms with Crippen LogP contribution in [0.15, 0.2) is 48.5 Å². The number of phenolic OH excluding ortho intramolecular Hbond substituents is 1. The predicted octanol–water partition coefficient (Wildman–Crippen LogP) is 4.02. The number of carbonyl (C=O) groups is 1. The van der Waals surface area contributed by atoms with Gasteiger partial charge in [-0.3, -0.25) is 4.79 Å². The summed E-state index contributed by atoms with van der Waals surface area (Å²) in [6, 6.07) is 14.8. The lowest BCUT2D eigenvalue weighted by molar-refractivity contribution is 0.0735. The average molecular weight is 302 g/mol. The number of benzene rings is 2. The standard InChI is InChI=1S/C17H16ClNO2/c18-14-11-13(8-9-16(14)20)17(21)19-10-4-7-15(19)12-5-2-1-3-6-12/h1-3,5-6,8-9,11,15,20H,4,7,10H2/t15-/m0/s1. The molecule has 0 bridgehead atoms. The number of likely N-dealkylation sites (tertiary alicyclic amines) is 1.